The van der Waals surface area contributed by atoms with Gasteiger partial charge in [-0.3, -0.25) is 0 Å². The van der Waals surface area contributed by atoms with Crippen molar-refractivity contribution in [2.45, 2.75) is 0 Å². The van der Waals surface area contributed by atoms with Gasteiger partial charge in [0.15, 0.2) is 0 Å². The van der Waals surface area contributed by atoms with Gasteiger partial charge in [-0.1, -0.05) is 109 Å². The molecule has 0 radical (unpaired) electrons. The van der Waals surface area contributed by atoms with Crippen LogP contribution in [0.5, 0.6) is 5.75 Å². The quantitative estimate of drug-likeness (QED) is 0.237. The van der Waals surface area contributed by atoms with Crippen molar-refractivity contribution in [3.05, 3.63) is 127 Å². The van der Waals surface area contributed by atoms with E-state index in [4.69, 9.17) is 0 Å². The molecule has 0 heterocycles. The number of aromatic hydroxyl groups is 1. The summed E-state index contributed by atoms with van der Waals surface area (Å²) in [5.74, 6) is 0.277. The Bertz CT molecular complexity index is 2200. The van der Waals surface area contributed by atoms with Gasteiger partial charge in [-0.25, -0.2) is 0 Å². The number of hydrogen-bond acceptors (Lipinski definition) is 1. The first-order chi connectivity index (χ1) is 19.2. The maximum atomic E-state index is 11.0. The molecule has 0 saturated heterocycles. The molecule has 9 aromatic rings. The highest BCUT2D eigenvalue weighted by Gasteiger charge is 2.16. The van der Waals surface area contributed by atoms with Gasteiger partial charge in [-0.05, 0) is 105 Å². The predicted octanol–water partition coefficient (Wildman–Crippen LogP) is 10.5. The summed E-state index contributed by atoms with van der Waals surface area (Å²) in [7, 11) is 0. The molecule has 1 nitrogen and oxygen atoms in total. The minimum absolute atomic E-state index is 0.277. The lowest BCUT2D eigenvalue weighted by molar-refractivity contribution is 0.476. The first kappa shape index (κ1) is 20.9. The zero-order chi connectivity index (χ0) is 25.7. The SMILES string of the molecule is Oc1cc(-c2ccc3ccc4cccc5ccc2c3c45)cc(-c2ccc3ccc4cccc5ccc2c3c45)c1. The van der Waals surface area contributed by atoms with Crippen LogP contribution in [0, 0.1) is 0 Å². The number of phenolic OH excluding ortho intramolecular Hbond substituents is 1. The second-order valence-corrected chi connectivity index (χ2v) is 10.7. The molecule has 0 amide bonds. The van der Waals surface area contributed by atoms with Crippen molar-refractivity contribution in [3.8, 4) is 28.0 Å². The zero-order valence-corrected chi connectivity index (χ0v) is 21.1. The van der Waals surface area contributed by atoms with E-state index < -0.39 is 0 Å². The highest BCUT2D eigenvalue weighted by atomic mass is 16.3. The second-order valence-electron chi connectivity index (χ2n) is 10.7. The van der Waals surface area contributed by atoms with Crippen molar-refractivity contribution >= 4 is 64.6 Å². The highest BCUT2D eigenvalue weighted by Crippen LogP contribution is 2.43. The van der Waals surface area contributed by atoms with Gasteiger partial charge in [0.1, 0.15) is 5.75 Å². The van der Waals surface area contributed by atoms with Gasteiger partial charge in [-0.15, -0.1) is 0 Å². The lowest BCUT2D eigenvalue weighted by Gasteiger charge is -2.16. The Kier molecular flexibility index (Phi) is 3.99. The van der Waals surface area contributed by atoms with E-state index in [1.54, 1.807) is 0 Å². The van der Waals surface area contributed by atoms with Crippen LogP contribution in [0.3, 0.4) is 0 Å². The number of hydrogen-bond donors (Lipinski definition) is 1. The number of phenols is 1. The van der Waals surface area contributed by atoms with E-state index in [2.05, 4.69) is 115 Å². The minimum Gasteiger partial charge on any atom is -0.508 e. The summed E-state index contributed by atoms with van der Waals surface area (Å²) in [5, 5.41) is 26.1. The molecule has 180 valence electrons. The first-order valence-electron chi connectivity index (χ1n) is 13.4. The fourth-order valence-electron chi connectivity index (χ4n) is 6.90. The number of benzene rings is 9. The first-order valence-corrected chi connectivity index (χ1v) is 13.4. The maximum absolute atomic E-state index is 11.0. The Hall–Kier alpha value is -5.14. The molecule has 0 aromatic heterocycles. The van der Waals surface area contributed by atoms with E-state index in [9.17, 15) is 5.11 Å². The molecule has 0 spiro atoms. The topological polar surface area (TPSA) is 20.2 Å². The Labute approximate surface area is 224 Å². The summed E-state index contributed by atoms with van der Waals surface area (Å²) in [5.41, 5.74) is 4.31. The molecular formula is C38H22O. The largest absolute Gasteiger partial charge is 0.508 e. The summed E-state index contributed by atoms with van der Waals surface area (Å²) >= 11 is 0. The van der Waals surface area contributed by atoms with Gasteiger partial charge in [0, 0.05) is 0 Å². The fraction of sp³-hybridized carbons (Fsp3) is 0. The summed E-state index contributed by atoms with van der Waals surface area (Å²) in [6, 6.07) is 45.6. The van der Waals surface area contributed by atoms with Gasteiger partial charge in [0.25, 0.3) is 0 Å². The average Bonchev–Trinajstić information content (AvgIpc) is 2.98. The smallest absolute Gasteiger partial charge is 0.116 e. The molecule has 0 aliphatic carbocycles. The molecule has 1 heteroatoms. The third-order valence-electron chi connectivity index (χ3n) is 8.60. The van der Waals surface area contributed by atoms with Gasteiger partial charge in [-0.2, -0.15) is 0 Å². The summed E-state index contributed by atoms with van der Waals surface area (Å²) < 4.78 is 0. The van der Waals surface area contributed by atoms with Crippen LogP contribution in [0.25, 0.3) is 86.9 Å². The van der Waals surface area contributed by atoms with Crippen LogP contribution in [0.2, 0.25) is 0 Å². The minimum atomic E-state index is 0.277. The van der Waals surface area contributed by atoms with E-state index >= 15 is 0 Å². The van der Waals surface area contributed by atoms with Crippen molar-refractivity contribution in [2.75, 3.05) is 0 Å². The van der Waals surface area contributed by atoms with Crippen molar-refractivity contribution in [1.82, 2.24) is 0 Å². The van der Waals surface area contributed by atoms with Gasteiger partial charge >= 0.3 is 0 Å². The predicted molar refractivity (Wildman–Crippen MR) is 166 cm³/mol. The van der Waals surface area contributed by atoms with Crippen molar-refractivity contribution < 1.29 is 5.11 Å². The van der Waals surface area contributed by atoms with Crippen molar-refractivity contribution in [3.63, 3.8) is 0 Å². The van der Waals surface area contributed by atoms with Crippen LogP contribution in [0.1, 0.15) is 0 Å². The molecular weight excluding hydrogens is 472 g/mol. The summed E-state index contributed by atoms with van der Waals surface area (Å²) in [6.45, 7) is 0. The molecule has 0 aliphatic rings. The van der Waals surface area contributed by atoms with Crippen LogP contribution in [-0.2, 0) is 0 Å². The lowest BCUT2D eigenvalue weighted by atomic mass is 9.87. The molecule has 0 aliphatic heterocycles. The van der Waals surface area contributed by atoms with E-state index in [0.29, 0.717) is 0 Å². The van der Waals surface area contributed by atoms with E-state index in [0.717, 1.165) is 22.3 Å². The molecule has 39 heavy (non-hydrogen) atoms. The number of rotatable bonds is 2. The Morgan fingerprint density at radius 2 is 0.692 bits per heavy atom. The van der Waals surface area contributed by atoms with E-state index in [1.807, 2.05) is 12.1 Å². The normalized spacial score (nSPS) is 12.2. The second kappa shape index (κ2) is 7.46. The maximum Gasteiger partial charge on any atom is 0.116 e. The van der Waals surface area contributed by atoms with Crippen molar-refractivity contribution in [2.24, 2.45) is 0 Å². The monoisotopic (exact) mass is 494 g/mol. The molecule has 0 atom stereocenters. The fourth-order valence-corrected chi connectivity index (χ4v) is 6.90. The Balaban J connectivity index is 1.32. The van der Waals surface area contributed by atoms with Gasteiger partial charge in [0.2, 0.25) is 0 Å². The van der Waals surface area contributed by atoms with Gasteiger partial charge in [0.05, 0.1) is 0 Å². The molecule has 0 saturated carbocycles. The molecule has 9 aromatic carbocycles. The van der Waals surface area contributed by atoms with E-state index in [-0.39, 0.29) is 5.75 Å². The van der Waals surface area contributed by atoms with Crippen LogP contribution >= 0.6 is 0 Å². The molecule has 0 bridgehead atoms. The third kappa shape index (κ3) is 2.85. The van der Waals surface area contributed by atoms with Crippen LogP contribution in [0.15, 0.2) is 127 Å². The molecule has 9 rings (SSSR count). The van der Waals surface area contributed by atoms with Gasteiger partial charge < -0.3 is 5.11 Å². The molecule has 0 fully saturated rings. The van der Waals surface area contributed by atoms with Crippen LogP contribution < -0.4 is 0 Å². The summed E-state index contributed by atoms with van der Waals surface area (Å²) in [6.07, 6.45) is 0. The molecule has 1 N–H and O–H groups in total. The third-order valence-corrected chi connectivity index (χ3v) is 8.60. The standard InChI is InChI=1S/C38H22O/c39-30-20-28(31-15-11-26-9-7-22-3-1-5-24-13-17-33(31)37(26)35(22)24)19-29(21-30)32-16-12-27-10-8-23-4-2-6-25-14-18-34(32)38(27)36(23)25/h1-21,39H. The zero-order valence-electron chi connectivity index (χ0n) is 21.1. The van der Waals surface area contributed by atoms with E-state index in [1.165, 1.54) is 64.6 Å². The van der Waals surface area contributed by atoms with Crippen molar-refractivity contribution in [1.29, 1.82) is 0 Å². The average molecular weight is 495 g/mol. The Morgan fingerprint density at radius 1 is 0.333 bits per heavy atom. The van der Waals surface area contributed by atoms with Crippen LogP contribution in [0.4, 0.5) is 0 Å². The lowest BCUT2D eigenvalue weighted by Crippen LogP contribution is -1.89. The highest BCUT2D eigenvalue weighted by molar-refractivity contribution is 6.27. The molecule has 0 unspecified atom stereocenters. The van der Waals surface area contributed by atoms with Crippen LogP contribution in [-0.4, -0.2) is 5.11 Å². The Morgan fingerprint density at radius 3 is 1.13 bits per heavy atom. The summed E-state index contributed by atoms with van der Waals surface area (Å²) in [4.78, 5) is 0.